The Morgan fingerprint density at radius 1 is 1.20 bits per heavy atom. The number of hydrogen-bond acceptors (Lipinski definition) is 6. The number of nitrogens with zero attached hydrogens (tertiary/aromatic N) is 4. The van der Waals surface area contributed by atoms with E-state index in [0.717, 1.165) is 16.4 Å². The summed E-state index contributed by atoms with van der Waals surface area (Å²) in [5.41, 5.74) is 0.304. The number of hydrogen-bond donors (Lipinski definition) is 0. The molecule has 0 aliphatic carbocycles. The molecule has 2 aromatic heterocycles. The molecule has 8 heteroatoms. The molecule has 0 aliphatic rings. The maximum absolute atomic E-state index is 12.2. The summed E-state index contributed by atoms with van der Waals surface area (Å²) in [5, 5.41) is 0.948. The van der Waals surface area contributed by atoms with Crippen molar-refractivity contribution >= 4 is 27.0 Å². The van der Waals surface area contributed by atoms with Gasteiger partial charge >= 0.3 is 5.69 Å². The highest BCUT2D eigenvalue weighted by molar-refractivity contribution is 7.20. The molecular formula is C17H22N4O3S. The standard InChI is InChI=1S/C17H22N4O3S/c1-17(2,3)21-15(22)18-16-20(21)10-14(25-16)19(4)12-8-7-11(23-5)9-13(12)24-6/h7-10H,1-6H3. The molecule has 1 aromatic carbocycles. The van der Waals surface area contributed by atoms with Gasteiger partial charge in [0.2, 0.25) is 4.96 Å². The van der Waals surface area contributed by atoms with E-state index < -0.39 is 0 Å². The van der Waals surface area contributed by atoms with Crippen molar-refractivity contribution in [2.45, 2.75) is 26.3 Å². The molecule has 0 N–H and O–H groups in total. The predicted octanol–water partition coefficient (Wildman–Crippen LogP) is 3.10. The summed E-state index contributed by atoms with van der Waals surface area (Å²) in [6.07, 6.45) is 1.92. The van der Waals surface area contributed by atoms with Crippen LogP contribution in [0.2, 0.25) is 0 Å². The fourth-order valence-electron chi connectivity index (χ4n) is 2.71. The minimum absolute atomic E-state index is 0.241. The lowest BCUT2D eigenvalue weighted by Gasteiger charge is -2.21. The average Bonchev–Trinajstić information content (AvgIpc) is 3.08. The number of methoxy groups -OCH3 is 2. The molecule has 0 aliphatic heterocycles. The normalized spacial score (nSPS) is 11.8. The Morgan fingerprint density at radius 3 is 2.52 bits per heavy atom. The monoisotopic (exact) mass is 362 g/mol. The van der Waals surface area contributed by atoms with Crippen molar-refractivity contribution in [1.29, 1.82) is 0 Å². The highest BCUT2D eigenvalue weighted by Crippen LogP contribution is 2.38. The summed E-state index contributed by atoms with van der Waals surface area (Å²) in [4.78, 5) is 19.0. The maximum Gasteiger partial charge on any atom is 0.365 e. The largest absolute Gasteiger partial charge is 0.497 e. The number of aromatic nitrogens is 3. The molecule has 0 amide bonds. The third kappa shape index (κ3) is 2.97. The first-order chi connectivity index (χ1) is 11.8. The quantitative estimate of drug-likeness (QED) is 0.714. The fraction of sp³-hybridized carbons (Fsp3) is 0.412. The molecule has 0 unspecified atom stereocenters. The lowest BCUT2D eigenvalue weighted by Crippen LogP contribution is -2.34. The fourth-order valence-corrected chi connectivity index (χ4v) is 3.64. The van der Waals surface area contributed by atoms with Crippen LogP contribution in [0.4, 0.5) is 10.7 Å². The van der Waals surface area contributed by atoms with Gasteiger partial charge < -0.3 is 14.4 Å². The Bertz CT molecular complexity index is 965. The van der Waals surface area contributed by atoms with Crippen molar-refractivity contribution in [3.8, 4) is 11.5 Å². The van der Waals surface area contributed by atoms with Gasteiger partial charge in [-0.3, -0.25) is 0 Å². The first kappa shape index (κ1) is 17.3. The molecule has 0 bridgehead atoms. The lowest BCUT2D eigenvalue weighted by atomic mass is 10.1. The summed E-state index contributed by atoms with van der Waals surface area (Å²) < 4.78 is 14.2. The van der Waals surface area contributed by atoms with Crippen molar-refractivity contribution in [2.24, 2.45) is 0 Å². The van der Waals surface area contributed by atoms with E-state index in [-0.39, 0.29) is 11.2 Å². The molecule has 134 valence electrons. The number of ether oxygens (including phenoxy) is 2. The first-order valence-corrected chi connectivity index (χ1v) is 8.65. The van der Waals surface area contributed by atoms with Crippen LogP contribution < -0.4 is 20.1 Å². The van der Waals surface area contributed by atoms with E-state index in [1.807, 2.05) is 61.6 Å². The molecule has 3 aromatic rings. The van der Waals surface area contributed by atoms with Gasteiger partial charge in [-0.15, -0.1) is 0 Å². The molecule has 25 heavy (non-hydrogen) atoms. The number of rotatable bonds is 4. The second kappa shape index (κ2) is 6.11. The number of benzene rings is 1. The molecule has 0 saturated carbocycles. The lowest BCUT2D eigenvalue weighted by molar-refractivity contribution is 0.329. The third-order valence-electron chi connectivity index (χ3n) is 3.93. The van der Waals surface area contributed by atoms with Crippen molar-refractivity contribution in [3.05, 3.63) is 34.9 Å². The molecule has 0 spiro atoms. The molecule has 0 fully saturated rings. The second-order valence-electron chi connectivity index (χ2n) is 6.67. The summed E-state index contributed by atoms with van der Waals surface area (Å²) in [5.74, 6) is 1.44. The summed E-state index contributed by atoms with van der Waals surface area (Å²) in [6, 6.07) is 5.67. The van der Waals surface area contributed by atoms with Gasteiger partial charge in [-0.1, -0.05) is 11.3 Å². The van der Waals surface area contributed by atoms with Crippen LogP contribution in [0.3, 0.4) is 0 Å². The second-order valence-corrected chi connectivity index (χ2v) is 7.66. The first-order valence-electron chi connectivity index (χ1n) is 7.83. The van der Waals surface area contributed by atoms with Gasteiger partial charge in [0.05, 0.1) is 31.6 Å². The van der Waals surface area contributed by atoms with E-state index in [2.05, 4.69) is 4.98 Å². The van der Waals surface area contributed by atoms with Crippen LogP contribution in [-0.4, -0.2) is 35.4 Å². The van der Waals surface area contributed by atoms with E-state index >= 15 is 0 Å². The minimum atomic E-state index is -0.356. The highest BCUT2D eigenvalue weighted by Gasteiger charge is 2.23. The van der Waals surface area contributed by atoms with E-state index in [1.54, 1.807) is 18.9 Å². The SMILES string of the molecule is COc1ccc(N(C)c2cn3c(nc(=O)n3C(C)(C)C)s2)c(OC)c1. The van der Waals surface area contributed by atoms with Crippen molar-refractivity contribution in [2.75, 3.05) is 26.2 Å². The van der Waals surface area contributed by atoms with Crippen molar-refractivity contribution < 1.29 is 9.47 Å². The summed E-state index contributed by atoms with van der Waals surface area (Å²) in [6.45, 7) is 5.95. The average molecular weight is 362 g/mol. The topological polar surface area (TPSA) is 61.0 Å². The van der Waals surface area contributed by atoms with Crippen LogP contribution in [0, 0.1) is 0 Å². The molecular weight excluding hydrogens is 340 g/mol. The zero-order valence-corrected chi connectivity index (χ0v) is 16.0. The Balaban J connectivity index is 2.08. The maximum atomic E-state index is 12.2. The van der Waals surface area contributed by atoms with E-state index in [1.165, 1.54) is 11.3 Å². The molecule has 2 heterocycles. The van der Waals surface area contributed by atoms with E-state index in [9.17, 15) is 4.79 Å². The third-order valence-corrected chi connectivity index (χ3v) is 4.98. The molecule has 0 radical (unpaired) electrons. The van der Waals surface area contributed by atoms with Crippen LogP contribution >= 0.6 is 11.3 Å². The van der Waals surface area contributed by atoms with E-state index in [0.29, 0.717) is 10.7 Å². The Kier molecular flexibility index (Phi) is 4.24. The van der Waals surface area contributed by atoms with Crippen molar-refractivity contribution in [3.63, 3.8) is 0 Å². The molecule has 0 saturated heterocycles. The summed E-state index contributed by atoms with van der Waals surface area (Å²) >= 11 is 1.45. The summed E-state index contributed by atoms with van der Waals surface area (Å²) in [7, 11) is 5.21. The van der Waals surface area contributed by atoms with Crippen LogP contribution in [-0.2, 0) is 5.54 Å². The number of anilines is 2. The predicted molar refractivity (Wildman–Crippen MR) is 99.9 cm³/mol. The zero-order valence-electron chi connectivity index (χ0n) is 15.2. The Morgan fingerprint density at radius 2 is 1.92 bits per heavy atom. The van der Waals surface area contributed by atoms with Crippen LogP contribution in [0.1, 0.15) is 20.8 Å². The van der Waals surface area contributed by atoms with Crippen LogP contribution in [0.5, 0.6) is 11.5 Å². The van der Waals surface area contributed by atoms with Crippen molar-refractivity contribution in [1.82, 2.24) is 14.2 Å². The van der Waals surface area contributed by atoms with Crippen LogP contribution in [0.15, 0.2) is 29.2 Å². The molecule has 3 rings (SSSR count). The van der Waals surface area contributed by atoms with Crippen LogP contribution in [0.25, 0.3) is 4.96 Å². The van der Waals surface area contributed by atoms with E-state index in [4.69, 9.17) is 9.47 Å². The highest BCUT2D eigenvalue weighted by atomic mass is 32.1. The Labute approximate surface area is 150 Å². The Hall–Kier alpha value is -2.48. The molecule has 0 atom stereocenters. The van der Waals surface area contributed by atoms with Gasteiger partial charge in [-0.25, -0.2) is 14.0 Å². The number of fused-ring (bicyclic) bond motifs is 1. The van der Waals surface area contributed by atoms with Gasteiger partial charge in [0.15, 0.2) is 0 Å². The molecule has 7 nitrogen and oxygen atoms in total. The number of thiazole rings is 1. The van der Waals surface area contributed by atoms with Gasteiger partial charge in [0, 0.05) is 13.1 Å². The smallest absolute Gasteiger partial charge is 0.365 e. The van der Waals surface area contributed by atoms with Gasteiger partial charge in [0.1, 0.15) is 16.5 Å². The van der Waals surface area contributed by atoms with Gasteiger partial charge in [0.25, 0.3) is 0 Å². The minimum Gasteiger partial charge on any atom is -0.497 e. The van der Waals surface area contributed by atoms with Gasteiger partial charge in [-0.05, 0) is 32.9 Å². The van der Waals surface area contributed by atoms with Gasteiger partial charge in [-0.2, -0.15) is 4.98 Å². The zero-order chi connectivity index (χ0) is 18.4.